The van der Waals surface area contributed by atoms with Crippen molar-refractivity contribution in [2.24, 2.45) is 0 Å². The van der Waals surface area contributed by atoms with Crippen LogP contribution in [0.4, 0.5) is 0 Å². The molecule has 7 heteroatoms. The van der Waals surface area contributed by atoms with Crippen LogP contribution in [0.15, 0.2) is 18.2 Å². The molecule has 2 aromatic rings. The van der Waals surface area contributed by atoms with Crippen LogP contribution >= 0.6 is 23.2 Å². The molecule has 0 atom stereocenters. The van der Waals surface area contributed by atoms with E-state index in [1.165, 1.54) is 10.7 Å². The van der Waals surface area contributed by atoms with Gasteiger partial charge < -0.3 is 0 Å². The quantitative estimate of drug-likeness (QED) is 0.802. The summed E-state index contributed by atoms with van der Waals surface area (Å²) in [4.78, 5) is 12.0. The van der Waals surface area contributed by atoms with Gasteiger partial charge in [-0.1, -0.05) is 23.2 Å². The highest BCUT2D eigenvalue weighted by atomic mass is 35.5. The minimum absolute atomic E-state index is 0.0557. The molecule has 0 amide bonds. The van der Waals surface area contributed by atoms with E-state index in [-0.39, 0.29) is 12.3 Å². The van der Waals surface area contributed by atoms with Crippen molar-refractivity contribution >= 4 is 29.0 Å². The fraction of sp³-hybridized carbons (Fsp3) is 0.200. The molecule has 2 rings (SSSR count). The molecule has 5 nitrogen and oxygen atoms in total. The topological polar surface area (TPSA) is 60.7 Å². The minimum atomic E-state index is -0.165. The fourth-order valence-electron chi connectivity index (χ4n) is 1.33. The first-order chi connectivity index (χ1) is 8.08. The van der Waals surface area contributed by atoms with Crippen molar-refractivity contribution in [3.8, 4) is 0 Å². The maximum Gasteiger partial charge on any atom is 0.185 e. The van der Waals surface area contributed by atoms with Gasteiger partial charge in [0.25, 0.3) is 0 Å². The van der Waals surface area contributed by atoms with Crippen molar-refractivity contribution in [1.29, 1.82) is 0 Å². The fourth-order valence-corrected chi connectivity index (χ4v) is 1.85. The maximum absolute atomic E-state index is 12.0. The summed E-state index contributed by atoms with van der Waals surface area (Å²) < 4.78 is 1.41. The SMILES string of the molecule is Cc1nnnn1CC(=O)c1ccc(Cl)cc1Cl. The highest BCUT2D eigenvalue weighted by molar-refractivity contribution is 6.36. The predicted octanol–water partition coefficient (Wildman–Crippen LogP) is 2.17. The number of hydrogen-bond donors (Lipinski definition) is 0. The third-order valence-electron chi connectivity index (χ3n) is 2.24. The molecule has 0 fully saturated rings. The van der Waals surface area contributed by atoms with Crippen LogP contribution in [-0.4, -0.2) is 26.0 Å². The molecule has 0 aliphatic rings. The molecule has 1 aromatic heterocycles. The monoisotopic (exact) mass is 270 g/mol. The summed E-state index contributed by atoms with van der Waals surface area (Å²) in [6.07, 6.45) is 0. The van der Waals surface area contributed by atoms with E-state index in [2.05, 4.69) is 15.5 Å². The van der Waals surface area contributed by atoms with Gasteiger partial charge in [0.15, 0.2) is 5.78 Å². The number of carbonyl (C=O) groups excluding carboxylic acids is 1. The normalized spacial score (nSPS) is 10.5. The summed E-state index contributed by atoms with van der Waals surface area (Å²) in [5, 5.41) is 11.7. The Balaban J connectivity index is 2.23. The largest absolute Gasteiger partial charge is 0.292 e. The van der Waals surface area contributed by atoms with E-state index in [0.717, 1.165) is 0 Å². The van der Waals surface area contributed by atoms with Crippen molar-refractivity contribution in [1.82, 2.24) is 20.2 Å². The first-order valence-corrected chi connectivity index (χ1v) is 5.54. The second kappa shape index (κ2) is 4.81. The van der Waals surface area contributed by atoms with E-state index in [9.17, 15) is 4.79 Å². The van der Waals surface area contributed by atoms with Gasteiger partial charge in [0.2, 0.25) is 0 Å². The number of aromatic nitrogens is 4. The molecule has 0 saturated heterocycles. The predicted molar refractivity (Wildman–Crippen MR) is 63.3 cm³/mol. The number of nitrogens with zero attached hydrogens (tertiary/aromatic N) is 4. The highest BCUT2D eigenvalue weighted by Crippen LogP contribution is 2.21. The lowest BCUT2D eigenvalue weighted by Crippen LogP contribution is -2.13. The van der Waals surface area contributed by atoms with E-state index in [1.54, 1.807) is 19.1 Å². The van der Waals surface area contributed by atoms with Gasteiger partial charge in [-0.05, 0) is 35.5 Å². The molecule has 0 aliphatic carbocycles. The lowest BCUT2D eigenvalue weighted by molar-refractivity contribution is 0.0966. The first-order valence-electron chi connectivity index (χ1n) is 4.79. The van der Waals surface area contributed by atoms with Crippen LogP contribution in [0.5, 0.6) is 0 Å². The summed E-state index contributed by atoms with van der Waals surface area (Å²) in [6, 6.07) is 4.74. The van der Waals surface area contributed by atoms with Crippen molar-refractivity contribution in [2.45, 2.75) is 13.5 Å². The van der Waals surface area contributed by atoms with E-state index >= 15 is 0 Å². The van der Waals surface area contributed by atoms with E-state index < -0.39 is 0 Å². The summed E-state index contributed by atoms with van der Waals surface area (Å²) in [7, 11) is 0. The van der Waals surface area contributed by atoms with Gasteiger partial charge in [-0.3, -0.25) is 4.79 Å². The summed E-state index contributed by atoms with van der Waals surface area (Å²) in [5.41, 5.74) is 0.408. The summed E-state index contributed by atoms with van der Waals surface area (Å²) in [6.45, 7) is 1.77. The third kappa shape index (κ3) is 2.62. The number of carbonyl (C=O) groups is 1. The Kier molecular flexibility index (Phi) is 3.40. The molecular formula is C10H8Cl2N4O. The van der Waals surface area contributed by atoms with Gasteiger partial charge in [-0.25, -0.2) is 4.68 Å². The minimum Gasteiger partial charge on any atom is -0.292 e. The number of rotatable bonds is 3. The number of benzene rings is 1. The highest BCUT2D eigenvalue weighted by Gasteiger charge is 2.13. The Bertz CT molecular complexity index is 567. The lowest BCUT2D eigenvalue weighted by atomic mass is 10.1. The molecule has 0 radical (unpaired) electrons. The zero-order valence-electron chi connectivity index (χ0n) is 8.89. The summed E-state index contributed by atoms with van der Waals surface area (Å²) >= 11 is 11.7. The number of tetrazole rings is 1. The molecule has 0 saturated carbocycles. The Hall–Kier alpha value is -1.46. The van der Waals surface area contributed by atoms with Crippen LogP contribution in [-0.2, 0) is 6.54 Å². The molecule has 0 unspecified atom stereocenters. The maximum atomic E-state index is 12.0. The molecule has 88 valence electrons. The zero-order chi connectivity index (χ0) is 12.4. The van der Waals surface area contributed by atoms with Crippen LogP contribution in [0.3, 0.4) is 0 Å². The second-order valence-electron chi connectivity index (χ2n) is 3.43. The first kappa shape index (κ1) is 12.0. The standard InChI is InChI=1S/C10H8Cl2N4O/c1-6-13-14-15-16(6)5-10(17)8-3-2-7(11)4-9(8)12/h2-4H,5H2,1H3. The van der Waals surface area contributed by atoms with Gasteiger partial charge in [-0.15, -0.1) is 5.10 Å². The van der Waals surface area contributed by atoms with Gasteiger partial charge in [0, 0.05) is 10.6 Å². The number of halogens is 2. The van der Waals surface area contributed by atoms with Gasteiger partial charge >= 0.3 is 0 Å². The summed E-state index contributed by atoms with van der Waals surface area (Å²) in [5.74, 6) is 0.408. The molecule has 0 aliphatic heterocycles. The van der Waals surface area contributed by atoms with Gasteiger partial charge in [0.1, 0.15) is 12.4 Å². The van der Waals surface area contributed by atoms with Crippen LogP contribution in [0.2, 0.25) is 10.0 Å². The average Bonchev–Trinajstić information content (AvgIpc) is 2.64. The lowest BCUT2D eigenvalue weighted by Gasteiger charge is -2.04. The Morgan fingerprint density at radius 3 is 2.76 bits per heavy atom. The number of Topliss-reactive ketones (excluding diaryl/α,β-unsaturated/α-hetero) is 1. The van der Waals surface area contributed by atoms with Crippen molar-refractivity contribution in [2.75, 3.05) is 0 Å². The van der Waals surface area contributed by atoms with E-state index in [4.69, 9.17) is 23.2 Å². The molecular weight excluding hydrogens is 263 g/mol. The Morgan fingerprint density at radius 1 is 1.41 bits per heavy atom. The molecule has 0 spiro atoms. The Labute approximate surface area is 107 Å². The third-order valence-corrected chi connectivity index (χ3v) is 2.78. The van der Waals surface area contributed by atoms with E-state index in [0.29, 0.717) is 21.4 Å². The number of hydrogen-bond acceptors (Lipinski definition) is 4. The molecule has 1 heterocycles. The molecule has 0 N–H and O–H groups in total. The van der Waals surface area contributed by atoms with E-state index in [1.807, 2.05) is 0 Å². The van der Waals surface area contributed by atoms with Crippen molar-refractivity contribution in [3.63, 3.8) is 0 Å². The zero-order valence-corrected chi connectivity index (χ0v) is 10.4. The molecule has 17 heavy (non-hydrogen) atoms. The van der Waals surface area contributed by atoms with Crippen LogP contribution in [0.25, 0.3) is 0 Å². The van der Waals surface area contributed by atoms with Crippen LogP contribution in [0, 0.1) is 6.92 Å². The number of aryl methyl sites for hydroxylation is 1. The Morgan fingerprint density at radius 2 is 2.18 bits per heavy atom. The van der Waals surface area contributed by atoms with Crippen LogP contribution < -0.4 is 0 Å². The molecule has 1 aromatic carbocycles. The average molecular weight is 271 g/mol. The van der Waals surface area contributed by atoms with Crippen molar-refractivity contribution < 1.29 is 4.79 Å². The van der Waals surface area contributed by atoms with Crippen molar-refractivity contribution in [3.05, 3.63) is 39.6 Å². The van der Waals surface area contributed by atoms with Gasteiger partial charge in [0.05, 0.1) is 5.02 Å². The second-order valence-corrected chi connectivity index (χ2v) is 4.27. The molecule has 0 bridgehead atoms. The number of ketones is 1. The smallest absolute Gasteiger partial charge is 0.185 e. The van der Waals surface area contributed by atoms with Crippen LogP contribution in [0.1, 0.15) is 16.2 Å². The van der Waals surface area contributed by atoms with Gasteiger partial charge in [-0.2, -0.15) is 0 Å².